The smallest absolute Gasteiger partial charge is 0.209 e. The summed E-state index contributed by atoms with van der Waals surface area (Å²) in [4.78, 5) is 20.2. The van der Waals surface area contributed by atoms with E-state index in [0.717, 1.165) is 22.2 Å². The van der Waals surface area contributed by atoms with E-state index in [2.05, 4.69) is 15.1 Å². The van der Waals surface area contributed by atoms with Gasteiger partial charge < -0.3 is 4.57 Å². The van der Waals surface area contributed by atoms with Crippen LogP contribution in [-0.4, -0.2) is 18.9 Å². The van der Waals surface area contributed by atoms with Gasteiger partial charge >= 0.3 is 0 Å². The van der Waals surface area contributed by atoms with E-state index in [1.807, 2.05) is 55.1 Å². The third-order valence-corrected chi connectivity index (χ3v) is 3.84. The zero-order valence-electron chi connectivity index (χ0n) is 12.2. The fraction of sp³-hybridized carbons (Fsp3) is 0.125. The summed E-state index contributed by atoms with van der Waals surface area (Å²) in [6.07, 6.45) is 3.58. The third kappa shape index (κ3) is 1.74. The van der Waals surface area contributed by atoms with Gasteiger partial charge in [-0.1, -0.05) is 6.07 Å². The summed E-state index contributed by atoms with van der Waals surface area (Å²) in [5.41, 5.74) is 5.11. The van der Waals surface area contributed by atoms with Crippen molar-refractivity contribution in [2.24, 2.45) is 12.2 Å². The van der Waals surface area contributed by atoms with Crippen LogP contribution in [0.4, 0.5) is 5.82 Å². The molecule has 0 radical (unpaired) electrons. The summed E-state index contributed by atoms with van der Waals surface area (Å²) >= 11 is 0. The molecule has 0 unspecified atom stereocenters. The van der Waals surface area contributed by atoms with Crippen LogP contribution < -0.4 is 0 Å². The van der Waals surface area contributed by atoms with E-state index < -0.39 is 0 Å². The van der Waals surface area contributed by atoms with Crippen LogP contribution in [0, 0.1) is 11.8 Å². The molecule has 0 spiro atoms. The number of aromatic nitrogens is 4. The van der Waals surface area contributed by atoms with Gasteiger partial charge in [-0.25, -0.2) is 9.97 Å². The predicted molar refractivity (Wildman–Crippen MR) is 85.1 cm³/mol. The van der Waals surface area contributed by atoms with Crippen molar-refractivity contribution in [3.8, 4) is 11.3 Å². The molecule has 4 rings (SSSR count). The Morgan fingerprint density at radius 3 is 2.86 bits per heavy atom. The summed E-state index contributed by atoms with van der Waals surface area (Å²) < 4.78 is 3.66. The molecule has 0 saturated carbocycles. The molecule has 0 aliphatic carbocycles. The Morgan fingerprint density at radius 1 is 1.18 bits per heavy atom. The molecule has 3 heterocycles. The summed E-state index contributed by atoms with van der Waals surface area (Å²) in [6.45, 7) is 1.99. The van der Waals surface area contributed by atoms with Crippen LogP contribution in [0.15, 0.2) is 48.0 Å². The summed E-state index contributed by atoms with van der Waals surface area (Å²) in [6, 6.07) is 9.69. The summed E-state index contributed by atoms with van der Waals surface area (Å²) in [5, 5.41) is 3.17. The Labute approximate surface area is 126 Å². The van der Waals surface area contributed by atoms with E-state index in [-0.39, 0.29) is 0 Å². The van der Waals surface area contributed by atoms with Crippen molar-refractivity contribution >= 4 is 22.5 Å². The Kier molecular flexibility index (Phi) is 2.59. The standard InChI is InChI=1S/C16H13N5O/c1-10-5-6-21-14(7-10)18-15(16(21)19-22)11-3-4-13-12(8-11)17-9-20(13)2/h3-9H,1-2H3. The number of nitroso groups, excluding NO2 is 1. The van der Waals surface area contributed by atoms with E-state index in [1.165, 1.54) is 0 Å². The van der Waals surface area contributed by atoms with Crippen LogP contribution >= 0.6 is 0 Å². The largest absolute Gasteiger partial charge is 0.334 e. The van der Waals surface area contributed by atoms with E-state index in [9.17, 15) is 4.91 Å². The zero-order valence-corrected chi connectivity index (χ0v) is 12.2. The second-order valence-electron chi connectivity index (χ2n) is 5.37. The minimum Gasteiger partial charge on any atom is -0.334 e. The lowest BCUT2D eigenvalue weighted by Gasteiger charge is -1.99. The molecule has 0 bridgehead atoms. The summed E-state index contributed by atoms with van der Waals surface area (Å²) in [5.74, 6) is 0.310. The van der Waals surface area contributed by atoms with Crippen molar-refractivity contribution in [1.29, 1.82) is 0 Å². The maximum absolute atomic E-state index is 11.3. The summed E-state index contributed by atoms with van der Waals surface area (Å²) in [7, 11) is 1.95. The van der Waals surface area contributed by atoms with Crippen LogP contribution in [0.1, 0.15) is 5.56 Å². The van der Waals surface area contributed by atoms with Crippen LogP contribution in [0.25, 0.3) is 27.9 Å². The lowest BCUT2D eigenvalue weighted by Crippen LogP contribution is -1.84. The molecule has 0 N–H and O–H groups in total. The van der Waals surface area contributed by atoms with Gasteiger partial charge in [0.1, 0.15) is 11.3 Å². The van der Waals surface area contributed by atoms with Crippen LogP contribution in [0.2, 0.25) is 0 Å². The Morgan fingerprint density at radius 2 is 2.05 bits per heavy atom. The number of benzene rings is 1. The number of hydrogen-bond donors (Lipinski definition) is 0. The van der Waals surface area contributed by atoms with Gasteiger partial charge in [-0.2, -0.15) is 0 Å². The first kappa shape index (κ1) is 12.7. The minimum absolute atomic E-state index is 0.310. The Balaban J connectivity index is 2.00. The topological polar surface area (TPSA) is 64.6 Å². The highest BCUT2D eigenvalue weighted by Gasteiger charge is 2.15. The predicted octanol–water partition coefficient (Wildman–Crippen LogP) is 3.59. The molecule has 0 fully saturated rings. The number of fused-ring (bicyclic) bond motifs is 2. The molecule has 108 valence electrons. The van der Waals surface area contributed by atoms with Crippen molar-refractivity contribution < 1.29 is 0 Å². The number of hydrogen-bond acceptors (Lipinski definition) is 4. The zero-order chi connectivity index (χ0) is 15.3. The van der Waals surface area contributed by atoms with E-state index >= 15 is 0 Å². The first-order valence-corrected chi connectivity index (χ1v) is 6.91. The normalized spacial score (nSPS) is 11.4. The molecule has 4 aromatic rings. The van der Waals surface area contributed by atoms with Crippen LogP contribution in [0.3, 0.4) is 0 Å². The quantitative estimate of drug-likeness (QED) is 0.530. The van der Waals surface area contributed by atoms with Gasteiger partial charge in [-0.15, -0.1) is 4.91 Å². The second-order valence-corrected chi connectivity index (χ2v) is 5.37. The monoisotopic (exact) mass is 291 g/mol. The molecule has 0 amide bonds. The maximum Gasteiger partial charge on any atom is 0.209 e. The van der Waals surface area contributed by atoms with E-state index in [4.69, 9.17) is 0 Å². The van der Waals surface area contributed by atoms with Gasteiger partial charge in [0.05, 0.1) is 17.4 Å². The van der Waals surface area contributed by atoms with Crippen molar-refractivity contribution in [3.63, 3.8) is 0 Å². The number of nitrogens with zero attached hydrogens (tertiary/aromatic N) is 5. The molecular formula is C16H13N5O. The SMILES string of the molecule is Cc1ccn2c(N=O)c(-c3ccc4c(c3)ncn4C)nc2c1. The number of imidazole rings is 2. The van der Waals surface area contributed by atoms with Crippen LogP contribution in [0.5, 0.6) is 0 Å². The molecule has 3 aromatic heterocycles. The number of pyridine rings is 1. The second kappa shape index (κ2) is 4.49. The third-order valence-electron chi connectivity index (χ3n) is 3.84. The van der Waals surface area contributed by atoms with Gasteiger partial charge in [0.2, 0.25) is 5.82 Å². The van der Waals surface area contributed by atoms with Crippen molar-refractivity contribution in [3.05, 3.63) is 53.3 Å². The fourth-order valence-corrected chi connectivity index (χ4v) is 2.70. The molecule has 6 nitrogen and oxygen atoms in total. The van der Waals surface area contributed by atoms with Crippen LogP contribution in [-0.2, 0) is 7.05 Å². The van der Waals surface area contributed by atoms with Gasteiger partial charge in [0.25, 0.3) is 0 Å². The average Bonchev–Trinajstić information content (AvgIpc) is 3.07. The molecule has 0 atom stereocenters. The van der Waals surface area contributed by atoms with Gasteiger partial charge in [0, 0.05) is 18.8 Å². The lowest BCUT2D eigenvalue weighted by atomic mass is 10.1. The maximum atomic E-state index is 11.3. The van der Waals surface area contributed by atoms with Crippen molar-refractivity contribution in [2.75, 3.05) is 0 Å². The fourth-order valence-electron chi connectivity index (χ4n) is 2.70. The molecule has 1 aromatic carbocycles. The van der Waals surface area contributed by atoms with Crippen molar-refractivity contribution in [2.45, 2.75) is 6.92 Å². The number of aryl methyl sites for hydroxylation is 2. The minimum atomic E-state index is 0.310. The van der Waals surface area contributed by atoms with E-state index in [0.29, 0.717) is 17.2 Å². The molecule has 22 heavy (non-hydrogen) atoms. The molecule has 0 saturated heterocycles. The highest BCUT2D eigenvalue weighted by molar-refractivity contribution is 5.84. The molecule has 6 heteroatoms. The average molecular weight is 291 g/mol. The Hall–Kier alpha value is -3.02. The lowest BCUT2D eigenvalue weighted by molar-refractivity contribution is 0.948. The van der Waals surface area contributed by atoms with Crippen molar-refractivity contribution in [1.82, 2.24) is 18.9 Å². The Bertz CT molecular complexity index is 1030. The number of rotatable bonds is 2. The first-order valence-electron chi connectivity index (χ1n) is 6.91. The van der Waals surface area contributed by atoms with Gasteiger partial charge in [-0.3, -0.25) is 4.40 Å². The molecular weight excluding hydrogens is 278 g/mol. The highest BCUT2D eigenvalue weighted by atomic mass is 16.3. The first-order chi connectivity index (χ1) is 10.7. The molecule has 0 aliphatic rings. The van der Waals surface area contributed by atoms with E-state index in [1.54, 1.807) is 10.7 Å². The van der Waals surface area contributed by atoms with Gasteiger partial charge in [-0.05, 0) is 41.9 Å². The van der Waals surface area contributed by atoms with Gasteiger partial charge in [0.15, 0.2) is 0 Å². The highest BCUT2D eigenvalue weighted by Crippen LogP contribution is 2.32. The molecule has 0 aliphatic heterocycles.